The Morgan fingerprint density at radius 3 is 2.26 bits per heavy atom. The molecule has 0 aliphatic heterocycles. The van der Waals surface area contributed by atoms with E-state index in [4.69, 9.17) is 9.15 Å². The molecule has 0 aliphatic carbocycles. The smallest absolute Gasteiger partial charge is 0.255 e. The Kier molecular flexibility index (Phi) is 6.09. The lowest BCUT2D eigenvalue weighted by atomic mass is 9.97. The lowest BCUT2D eigenvalue weighted by Gasteiger charge is -2.10. The SMILES string of the molecule is Cc1nnc(-c2ccc(C)c(-c3ccc(C(=O)Nc4cccc(Oc5ccccc5)c4)cc3)c2)o1. The highest BCUT2D eigenvalue weighted by Crippen LogP contribution is 2.29. The fourth-order valence-corrected chi connectivity index (χ4v) is 3.75. The number of anilines is 1. The Bertz CT molecular complexity index is 1480. The number of benzene rings is 4. The van der Waals surface area contributed by atoms with Crippen LogP contribution in [-0.2, 0) is 0 Å². The highest BCUT2D eigenvalue weighted by atomic mass is 16.5. The third-order valence-corrected chi connectivity index (χ3v) is 5.54. The quantitative estimate of drug-likeness (QED) is 0.293. The van der Waals surface area contributed by atoms with Crippen LogP contribution >= 0.6 is 0 Å². The van der Waals surface area contributed by atoms with Crippen LogP contribution in [0.15, 0.2) is 101 Å². The summed E-state index contributed by atoms with van der Waals surface area (Å²) in [5, 5.41) is 11.0. The molecule has 1 N–H and O–H groups in total. The molecule has 0 bridgehead atoms. The van der Waals surface area contributed by atoms with Crippen molar-refractivity contribution in [1.82, 2.24) is 10.2 Å². The molecular formula is C29H23N3O3. The van der Waals surface area contributed by atoms with Crippen molar-refractivity contribution in [3.8, 4) is 34.1 Å². The molecule has 0 saturated heterocycles. The molecule has 1 heterocycles. The average molecular weight is 462 g/mol. The number of amides is 1. The molecule has 0 spiro atoms. The maximum atomic E-state index is 12.9. The van der Waals surface area contributed by atoms with E-state index >= 15 is 0 Å². The van der Waals surface area contributed by atoms with Gasteiger partial charge in [0.25, 0.3) is 5.91 Å². The van der Waals surface area contributed by atoms with E-state index in [1.807, 2.05) is 97.9 Å². The average Bonchev–Trinajstić information content (AvgIpc) is 3.31. The van der Waals surface area contributed by atoms with Crippen molar-refractivity contribution in [2.45, 2.75) is 13.8 Å². The minimum atomic E-state index is -0.194. The van der Waals surface area contributed by atoms with E-state index in [9.17, 15) is 4.79 Å². The standard InChI is InChI=1S/C29H23N3O3/c1-19-11-12-23(29-32-31-20(2)34-29)17-27(19)21-13-15-22(16-14-21)28(33)30-24-7-6-10-26(18-24)35-25-8-4-3-5-9-25/h3-18H,1-2H3,(H,30,33). The zero-order valence-electron chi connectivity index (χ0n) is 19.4. The molecule has 0 atom stereocenters. The minimum Gasteiger partial charge on any atom is -0.457 e. The highest BCUT2D eigenvalue weighted by molar-refractivity contribution is 6.04. The summed E-state index contributed by atoms with van der Waals surface area (Å²) in [7, 11) is 0. The van der Waals surface area contributed by atoms with Gasteiger partial charge >= 0.3 is 0 Å². The largest absolute Gasteiger partial charge is 0.457 e. The molecule has 1 aromatic heterocycles. The van der Waals surface area contributed by atoms with Gasteiger partial charge in [-0.05, 0) is 72.1 Å². The van der Waals surface area contributed by atoms with Crippen molar-refractivity contribution >= 4 is 11.6 Å². The second-order valence-electron chi connectivity index (χ2n) is 8.13. The lowest BCUT2D eigenvalue weighted by molar-refractivity contribution is 0.102. The van der Waals surface area contributed by atoms with Crippen molar-refractivity contribution in [3.63, 3.8) is 0 Å². The van der Waals surface area contributed by atoms with E-state index in [-0.39, 0.29) is 5.91 Å². The van der Waals surface area contributed by atoms with E-state index in [0.717, 1.165) is 28.0 Å². The number of aryl methyl sites for hydroxylation is 2. The molecule has 0 saturated carbocycles. The van der Waals surface area contributed by atoms with E-state index in [1.165, 1.54) is 0 Å². The van der Waals surface area contributed by atoms with Crippen LogP contribution in [-0.4, -0.2) is 16.1 Å². The molecular weight excluding hydrogens is 438 g/mol. The normalized spacial score (nSPS) is 10.7. The van der Waals surface area contributed by atoms with E-state index in [0.29, 0.717) is 28.8 Å². The van der Waals surface area contributed by atoms with Crippen molar-refractivity contribution in [2.75, 3.05) is 5.32 Å². The number of aromatic nitrogens is 2. The van der Waals surface area contributed by atoms with Crippen molar-refractivity contribution in [3.05, 3.63) is 114 Å². The summed E-state index contributed by atoms with van der Waals surface area (Å²) < 4.78 is 11.4. The zero-order valence-corrected chi connectivity index (χ0v) is 19.4. The molecule has 172 valence electrons. The van der Waals surface area contributed by atoms with E-state index < -0.39 is 0 Å². The van der Waals surface area contributed by atoms with Crippen molar-refractivity contribution < 1.29 is 13.9 Å². The number of ether oxygens (including phenoxy) is 1. The van der Waals surface area contributed by atoms with Crippen LogP contribution in [0.4, 0.5) is 5.69 Å². The first-order chi connectivity index (χ1) is 17.0. The van der Waals surface area contributed by atoms with Crippen LogP contribution in [0.5, 0.6) is 11.5 Å². The van der Waals surface area contributed by atoms with Gasteiger partial charge in [0.1, 0.15) is 11.5 Å². The highest BCUT2D eigenvalue weighted by Gasteiger charge is 2.12. The molecule has 35 heavy (non-hydrogen) atoms. The summed E-state index contributed by atoms with van der Waals surface area (Å²) in [5.74, 6) is 2.20. The van der Waals surface area contributed by atoms with Crippen molar-refractivity contribution in [1.29, 1.82) is 0 Å². The van der Waals surface area contributed by atoms with Gasteiger partial charge in [-0.2, -0.15) is 0 Å². The first-order valence-electron chi connectivity index (χ1n) is 11.2. The topological polar surface area (TPSA) is 77.2 Å². The first-order valence-corrected chi connectivity index (χ1v) is 11.2. The van der Waals surface area contributed by atoms with Crippen LogP contribution in [0.1, 0.15) is 21.8 Å². The second kappa shape index (κ2) is 9.65. The van der Waals surface area contributed by atoms with Crippen LogP contribution in [0.2, 0.25) is 0 Å². The molecule has 5 aromatic rings. The summed E-state index contributed by atoms with van der Waals surface area (Å²) in [5.41, 5.74) is 5.21. The predicted molar refractivity (Wildman–Crippen MR) is 136 cm³/mol. The molecule has 0 unspecified atom stereocenters. The maximum absolute atomic E-state index is 12.9. The molecule has 5 rings (SSSR count). The first kappa shape index (κ1) is 22.1. The monoisotopic (exact) mass is 461 g/mol. The van der Waals surface area contributed by atoms with Gasteiger partial charge in [-0.3, -0.25) is 4.79 Å². The van der Waals surface area contributed by atoms with E-state index in [1.54, 1.807) is 13.0 Å². The van der Waals surface area contributed by atoms with Crippen LogP contribution in [0, 0.1) is 13.8 Å². The minimum absolute atomic E-state index is 0.194. The Morgan fingerprint density at radius 1 is 0.771 bits per heavy atom. The molecule has 0 fully saturated rings. The van der Waals surface area contributed by atoms with Gasteiger partial charge in [-0.25, -0.2) is 0 Å². The summed E-state index contributed by atoms with van der Waals surface area (Å²) in [6, 6.07) is 30.4. The Hall–Kier alpha value is -4.71. The van der Waals surface area contributed by atoms with Crippen LogP contribution < -0.4 is 10.1 Å². The summed E-state index contributed by atoms with van der Waals surface area (Å²) in [6.45, 7) is 3.81. The van der Waals surface area contributed by atoms with E-state index in [2.05, 4.69) is 15.5 Å². The van der Waals surface area contributed by atoms with Gasteiger partial charge in [-0.1, -0.05) is 42.5 Å². The molecule has 6 heteroatoms. The predicted octanol–water partition coefficient (Wildman–Crippen LogP) is 7.07. The number of rotatable bonds is 6. The van der Waals surface area contributed by atoms with Gasteiger partial charge in [0.05, 0.1) is 0 Å². The summed E-state index contributed by atoms with van der Waals surface area (Å²) in [4.78, 5) is 12.9. The molecule has 0 radical (unpaired) electrons. The van der Waals surface area contributed by atoms with Gasteiger partial charge < -0.3 is 14.5 Å². The fourth-order valence-electron chi connectivity index (χ4n) is 3.75. The molecule has 6 nitrogen and oxygen atoms in total. The third kappa shape index (κ3) is 5.12. The lowest BCUT2D eigenvalue weighted by Crippen LogP contribution is -2.11. The number of nitrogens with one attached hydrogen (secondary N) is 1. The van der Waals surface area contributed by atoms with Crippen LogP contribution in [0.25, 0.3) is 22.6 Å². The molecule has 1 amide bonds. The maximum Gasteiger partial charge on any atom is 0.255 e. The number of carbonyl (C=O) groups is 1. The number of hydrogen-bond acceptors (Lipinski definition) is 5. The van der Waals surface area contributed by atoms with Gasteiger partial charge in [0.2, 0.25) is 11.8 Å². The Labute approximate surface area is 203 Å². The number of nitrogens with zero attached hydrogens (tertiary/aromatic N) is 2. The zero-order chi connectivity index (χ0) is 24.2. The summed E-state index contributed by atoms with van der Waals surface area (Å²) in [6.07, 6.45) is 0. The summed E-state index contributed by atoms with van der Waals surface area (Å²) >= 11 is 0. The van der Waals surface area contributed by atoms with Crippen molar-refractivity contribution in [2.24, 2.45) is 0 Å². The molecule has 0 aliphatic rings. The Balaban J connectivity index is 1.31. The van der Waals surface area contributed by atoms with Gasteiger partial charge in [0, 0.05) is 29.8 Å². The third-order valence-electron chi connectivity index (χ3n) is 5.54. The second-order valence-corrected chi connectivity index (χ2v) is 8.13. The molecule has 4 aromatic carbocycles. The fraction of sp³-hybridized carbons (Fsp3) is 0.0690. The van der Waals surface area contributed by atoms with Crippen LogP contribution in [0.3, 0.4) is 0 Å². The number of hydrogen-bond donors (Lipinski definition) is 1. The van der Waals surface area contributed by atoms with Gasteiger partial charge in [-0.15, -0.1) is 10.2 Å². The van der Waals surface area contributed by atoms with Gasteiger partial charge in [0.15, 0.2) is 0 Å². The number of carbonyl (C=O) groups excluding carboxylic acids is 1. The Morgan fingerprint density at radius 2 is 1.51 bits per heavy atom. The number of para-hydroxylation sites is 1.